The predicted octanol–water partition coefficient (Wildman–Crippen LogP) is 0.322. The number of aromatic nitrogens is 1. The molecule has 1 fully saturated rings. The van der Waals surface area contributed by atoms with Crippen molar-refractivity contribution in [2.24, 2.45) is 0 Å². The van der Waals surface area contributed by atoms with Gasteiger partial charge in [-0.25, -0.2) is 0 Å². The summed E-state index contributed by atoms with van der Waals surface area (Å²) < 4.78 is 0. The third kappa shape index (κ3) is 2.01. The van der Waals surface area contributed by atoms with E-state index in [4.69, 9.17) is 5.73 Å². The Morgan fingerprint density at radius 1 is 1.37 bits per heavy atom. The highest BCUT2D eigenvalue weighted by atomic mass is 16.2. The fourth-order valence-corrected chi connectivity index (χ4v) is 2.30. The average molecular weight is 258 g/mol. The van der Waals surface area contributed by atoms with Crippen LogP contribution in [0.5, 0.6) is 0 Å². The average Bonchev–Trinajstić information content (AvgIpc) is 2.80. The zero-order chi connectivity index (χ0) is 13.4. The smallest absolute Gasteiger partial charge is 0.256 e. The van der Waals surface area contributed by atoms with E-state index in [1.54, 1.807) is 23.2 Å². The number of rotatable bonds is 1. The quantitative estimate of drug-likeness (QED) is 0.643. The number of aromatic amines is 1. The molecule has 0 atom stereocenters. The first-order valence-corrected chi connectivity index (χ1v) is 6.08. The highest BCUT2D eigenvalue weighted by Crippen LogP contribution is 2.22. The van der Waals surface area contributed by atoms with Crippen molar-refractivity contribution in [3.63, 3.8) is 0 Å². The molecule has 19 heavy (non-hydrogen) atoms. The molecule has 6 nitrogen and oxygen atoms in total. The molecule has 0 aliphatic carbocycles. The molecule has 1 aliphatic heterocycles. The van der Waals surface area contributed by atoms with E-state index in [0.717, 1.165) is 10.9 Å². The first kappa shape index (κ1) is 11.6. The van der Waals surface area contributed by atoms with Gasteiger partial charge < -0.3 is 20.9 Å². The van der Waals surface area contributed by atoms with Crippen molar-refractivity contribution in [1.29, 1.82) is 0 Å². The first-order chi connectivity index (χ1) is 9.15. The lowest BCUT2D eigenvalue weighted by atomic mass is 10.1. The number of nitrogens with two attached hydrogens (primary N) is 1. The summed E-state index contributed by atoms with van der Waals surface area (Å²) in [6.07, 6.45) is 1.67. The maximum Gasteiger partial charge on any atom is 0.256 e. The number of nitrogen functional groups attached to an aromatic ring is 1. The number of carbonyl (C=O) groups is 2. The van der Waals surface area contributed by atoms with Gasteiger partial charge in [0.1, 0.15) is 0 Å². The standard InChI is InChI=1S/C13H14N4O2/c14-8-1-2-11-9(5-8)10(6-16-11)13(19)17-4-3-15-12(18)7-17/h1-2,5-6,16H,3-4,7,14H2,(H,15,18). The Morgan fingerprint density at radius 2 is 2.21 bits per heavy atom. The summed E-state index contributed by atoms with van der Waals surface area (Å²) in [5.74, 6) is -0.273. The van der Waals surface area contributed by atoms with Gasteiger partial charge in [-0.15, -0.1) is 0 Å². The zero-order valence-electron chi connectivity index (χ0n) is 10.3. The fourth-order valence-electron chi connectivity index (χ4n) is 2.30. The van der Waals surface area contributed by atoms with Gasteiger partial charge in [-0.2, -0.15) is 0 Å². The van der Waals surface area contributed by atoms with Crippen LogP contribution in [0.25, 0.3) is 10.9 Å². The lowest BCUT2D eigenvalue weighted by Gasteiger charge is -2.26. The number of benzene rings is 1. The van der Waals surface area contributed by atoms with Crippen LogP contribution in [0.1, 0.15) is 10.4 Å². The number of H-pyrrole nitrogens is 1. The summed E-state index contributed by atoms with van der Waals surface area (Å²) in [4.78, 5) is 28.3. The number of fused-ring (bicyclic) bond motifs is 1. The first-order valence-electron chi connectivity index (χ1n) is 6.08. The second-order valence-electron chi connectivity index (χ2n) is 4.58. The van der Waals surface area contributed by atoms with Gasteiger partial charge >= 0.3 is 0 Å². The largest absolute Gasteiger partial charge is 0.399 e. The van der Waals surface area contributed by atoms with E-state index in [1.807, 2.05) is 6.07 Å². The minimum atomic E-state index is -0.147. The molecule has 1 aliphatic rings. The van der Waals surface area contributed by atoms with E-state index >= 15 is 0 Å². The van der Waals surface area contributed by atoms with Gasteiger partial charge in [0.2, 0.25) is 5.91 Å². The lowest BCUT2D eigenvalue weighted by Crippen LogP contribution is -2.49. The van der Waals surface area contributed by atoms with E-state index in [-0.39, 0.29) is 18.4 Å². The van der Waals surface area contributed by atoms with E-state index in [2.05, 4.69) is 10.3 Å². The van der Waals surface area contributed by atoms with E-state index in [9.17, 15) is 9.59 Å². The zero-order valence-corrected chi connectivity index (χ0v) is 10.3. The Balaban J connectivity index is 1.97. The summed E-state index contributed by atoms with van der Waals surface area (Å²) in [5, 5.41) is 3.49. The molecular weight excluding hydrogens is 244 g/mol. The summed E-state index contributed by atoms with van der Waals surface area (Å²) in [5.41, 5.74) is 7.77. The van der Waals surface area contributed by atoms with Gasteiger partial charge in [0.05, 0.1) is 12.1 Å². The molecule has 1 saturated heterocycles. The summed E-state index contributed by atoms with van der Waals surface area (Å²) in [6, 6.07) is 5.38. The maximum atomic E-state index is 12.4. The fraction of sp³-hybridized carbons (Fsp3) is 0.231. The van der Waals surface area contributed by atoms with E-state index in [1.165, 1.54) is 0 Å². The number of amides is 2. The Kier molecular flexibility index (Phi) is 2.63. The Hall–Kier alpha value is -2.50. The van der Waals surface area contributed by atoms with Crippen LogP contribution < -0.4 is 11.1 Å². The topological polar surface area (TPSA) is 91.2 Å². The molecule has 0 spiro atoms. The molecule has 2 aromatic rings. The molecule has 0 radical (unpaired) electrons. The van der Waals surface area contributed by atoms with Crippen LogP contribution in [-0.4, -0.2) is 41.3 Å². The van der Waals surface area contributed by atoms with Crippen molar-refractivity contribution in [2.75, 3.05) is 25.4 Å². The molecule has 1 aromatic carbocycles. The highest BCUT2D eigenvalue weighted by molar-refractivity contribution is 6.08. The van der Waals surface area contributed by atoms with Gasteiger partial charge in [-0.1, -0.05) is 0 Å². The molecule has 0 bridgehead atoms. The number of anilines is 1. The number of piperazine rings is 1. The molecule has 2 amide bonds. The minimum absolute atomic E-state index is 0.105. The molecule has 98 valence electrons. The third-order valence-corrected chi connectivity index (χ3v) is 3.26. The lowest BCUT2D eigenvalue weighted by molar-refractivity contribution is -0.123. The number of hydrogen-bond acceptors (Lipinski definition) is 3. The van der Waals surface area contributed by atoms with Crippen LogP contribution in [0.3, 0.4) is 0 Å². The summed E-state index contributed by atoms with van der Waals surface area (Å²) >= 11 is 0. The summed E-state index contributed by atoms with van der Waals surface area (Å²) in [7, 11) is 0. The molecular formula is C13H14N4O2. The van der Waals surface area contributed by atoms with Crippen molar-refractivity contribution in [3.8, 4) is 0 Å². The molecule has 6 heteroatoms. The van der Waals surface area contributed by atoms with Crippen molar-refractivity contribution >= 4 is 28.4 Å². The van der Waals surface area contributed by atoms with Gasteiger partial charge in [0.25, 0.3) is 5.91 Å². The normalized spacial score (nSPS) is 15.6. The molecule has 4 N–H and O–H groups in total. The van der Waals surface area contributed by atoms with Crippen LogP contribution in [0.15, 0.2) is 24.4 Å². The predicted molar refractivity (Wildman–Crippen MR) is 71.6 cm³/mol. The minimum Gasteiger partial charge on any atom is -0.399 e. The molecule has 3 rings (SSSR count). The number of carbonyl (C=O) groups excluding carboxylic acids is 2. The second kappa shape index (κ2) is 4.31. The van der Waals surface area contributed by atoms with Gasteiger partial charge in [-0.3, -0.25) is 9.59 Å². The number of hydrogen-bond donors (Lipinski definition) is 3. The van der Waals surface area contributed by atoms with Crippen LogP contribution in [0, 0.1) is 0 Å². The van der Waals surface area contributed by atoms with Crippen molar-refractivity contribution in [3.05, 3.63) is 30.0 Å². The van der Waals surface area contributed by atoms with Crippen molar-refractivity contribution < 1.29 is 9.59 Å². The Labute approximate surface area is 109 Å². The second-order valence-corrected chi connectivity index (χ2v) is 4.58. The Morgan fingerprint density at radius 3 is 3.00 bits per heavy atom. The van der Waals surface area contributed by atoms with Gasteiger partial charge in [-0.05, 0) is 18.2 Å². The van der Waals surface area contributed by atoms with Crippen LogP contribution in [-0.2, 0) is 4.79 Å². The number of nitrogens with zero attached hydrogens (tertiary/aromatic N) is 1. The summed E-state index contributed by atoms with van der Waals surface area (Å²) in [6.45, 7) is 1.13. The molecule has 1 aromatic heterocycles. The SMILES string of the molecule is Nc1ccc2[nH]cc(C(=O)N3CCNC(=O)C3)c2c1. The highest BCUT2D eigenvalue weighted by Gasteiger charge is 2.24. The number of nitrogens with one attached hydrogen (secondary N) is 2. The van der Waals surface area contributed by atoms with E-state index < -0.39 is 0 Å². The molecule has 2 heterocycles. The van der Waals surface area contributed by atoms with Gasteiger partial charge in [0.15, 0.2) is 0 Å². The van der Waals surface area contributed by atoms with Crippen LogP contribution >= 0.6 is 0 Å². The monoisotopic (exact) mass is 258 g/mol. The van der Waals surface area contributed by atoms with Crippen LogP contribution in [0.4, 0.5) is 5.69 Å². The Bertz CT molecular complexity index is 662. The molecule has 0 unspecified atom stereocenters. The maximum absolute atomic E-state index is 12.4. The van der Waals surface area contributed by atoms with E-state index in [0.29, 0.717) is 24.3 Å². The van der Waals surface area contributed by atoms with Crippen molar-refractivity contribution in [2.45, 2.75) is 0 Å². The van der Waals surface area contributed by atoms with Crippen LogP contribution in [0.2, 0.25) is 0 Å². The van der Waals surface area contributed by atoms with Gasteiger partial charge in [0, 0.05) is 35.9 Å². The molecule has 0 saturated carbocycles. The third-order valence-electron chi connectivity index (χ3n) is 3.26. The van der Waals surface area contributed by atoms with Crippen molar-refractivity contribution in [1.82, 2.24) is 15.2 Å².